The monoisotopic (exact) mass is 418 g/mol. The van der Waals surface area contributed by atoms with E-state index in [1.807, 2.05) is 44.4 Å². The number of nitrogens with zero attached hydrogens (tertiary/aromatic N) is 2. The van der Waals surface area contributed by atoms with E-state index >= 15 is 0 Å². The van der Waals surface area contributed by atoms with Crippen LogP contribution in [0.15, 0.2) is 54.7 Å². The third-order valence-electron chi connectivity index (χ3n) is 4.66. The van der Waals surface area contributed by atoms with Crippen LogP contribution in [0, 0.1) is 0 Å². The molecule has 0 radical (unpaired) electrons. The van der Waals surface area contributed by atoms with E-state index in [-0.39, 0.29) is 12.4 Å². The highest BCUT2D eigenvalue weighted by molar-refractivity contribution is 5.66. The molecule has 3 aromatic rings. The van der Waals surface area contributed by atoms with Crippen molar-refractivity contribution in [3.63, 3.8) is 0 Å². The lowest BCUT2D eigenvalue weighted by atomic mass is 10.0. The van der Waals surface area contributed by atoms with Crippen LogP contribution in [-0.4, -0.2) is 42.3 Å². The Morgan fingerprint density at radius 1 is 1.13 bits per heavy atom. The van der Waals surface area contributed by atoms with Crippen molar-refractivity contribution in [3.05, 3.63) is 71.4 Å². The summed E-state index contributed by atoms with van der Waals surface area (Å²) in [6, 6.07) is 13.1. The summed E-state index contributed by atoms with van der Waals surface area (Å²) in [4.78, 5) is 2.07. The number of halogens is 3. The second-order valence-corrected chi connectivity index (χ2v) is 7.12. The van der Waals surface area contributed by atoms with E-state index in [1.54, 1.807) is 12.3 Å². The number of likely N-dealkylation sites (N-methyl/N-ethyl adjacent to an activating group) is 2. The average Bonchev–Trinajstić information content (AvgIpc) is 3.18. The van der Waals surface area contributed by atoms with Crippen molar-refractivity contribution in [1.29, 1.82) is 0 Å². The number of nitrogens with one attached hydrogen (secondary N) is 2. The van der Waals surface area contributed by atoms with Crippen LogP contribution in [0.2, 0.25) is 0 Å². The third kappa shape index (κ3) is 5.84. The van der Waals surface area contributed by atoms with Gasteiger partial charge in [0.25, 0.3) is 0 Å². The van der Waals surface area contributed by atoms with E-state index in [0.29, 0.717) is 17.8 Å². The maximum atomic E-state index is 13.5. The summed E-state index contributed by atoms with van der Waals surface area (Å²) in [6.07, 6.45) is -2.77. The smallest absolute Gasteiger partial charge is 0.416 e. The molecule has 160 valence electrons. The first-order valence-electron chi connectivity index (χ1n) is 9.62. The Morgan fingerprint density at radius 3 is 2.60 bits per heavy atom. The molecular weight excluding hydrogens is 393 g/mol. The first-order valence-corrected chi connectivity index (χ1v) is 9.62. The number of aromatic amines is 1. The molecular formula is C22H25F3N4O. The molecule has 0 saturated carbocycles. The highest BCUT2D eigenvalue weighted by Crippen LogP contribution is 2.36. The van der Waals surface area contributed by atoms with Gasteiger partial charge in [0.15, 0.2) is 0 Å². The molecule has 0 bridgehead atoms. The average molecular weight is 418 g/mol. The molecule has 0 aliphatic heterocycles. The maximum Gasteiger partial charge on any atom is 0.416 e. The van der Waals surface area contributed by atoms with Gasteiger partial charge in [0.1, 0.15) is 12.4 Å². The second kappa shape index (κ2) is 9.77. The van der Waals surface area contributed by atoms with Crippen LogP contribution in [-0.2, 0) is 19.3 Å². The number of H-pyrrole nitrogens is 1. The zero-order valence-corrected chi connectivity index (χ0v) is 17.0. The van der Waals surface area contributed by atoms with E-state index in [2.05, 4.69) is 20.4 Å². The molecule has 0 atom stereocenters. The fourth-order valence-electron chi connectivity index (χ4n) is 3.08. The van der Waals surface area contributed by atoms with Gasteiger partial charge in [-0.1, -0.05) is 30.3 Å². The molecule has 0 amide bonds. The van der Waals surface area contributed by atoms with Gasteiger partial charge in [-0.2, -0.15) is 18.3 Å². The van der Waals surface area contributed by atoms with Crippen molar-refractivity contribution in [1.82, 2.24) is 20.4 Å². The van der Waals surface area contributed by atoms with Crippen LogP contribution in [0.5, 0.6) is 5.75 Å². The summed E-state index contributed by atoms with van der Waals surface area (Å²) < 4.78 is 46.2. The van der Waals surface area contributed by atoms with Crippen molar-refractivity contribution in [3.8, 4) is 17.0 Å². The Bertz CT molecular complexity index is 941. The van der Waals surface area contributed by atoms with E-state index < -0.39 is 11.7 Å². The van der Waals surface area contributed by atoms with Gasteiger partial charge < -0.3 is 15.0 Å². The van der Waals surface area contributed by atoms with Gasteiger partial charge in [-0.25, -0.2) is 0 Å². The minimum Gasteiger partial charge on any atom is -0.489 e. The molecule has 3 rings (SSSR count). The summed E-state index contributed by atoms with van der Waals surface area (Å²) >= 11 is 0. The van der Waals surface area contributed by atoms with Gasteiger partial charge in [-0.15, -0.1) is 0 Å². The fraction of sp³-hybridized carbons (Fsp3) is 0.318. The van der Waals surface area contributed by atoms with E-state index in [1.165, 1.54) is 0 Å². The normalized spacial score (nSPS) is 11.8. The lowest BCUT2D eigenvalue weighted by Crippen LogP contribution is -2.27. The molecule has 0 unspecified atom stereocenters. The molecule has 0 aliphatic rings. The number of rotatable bonds is 9. The van der Waals surface area contributed by atoms with Gasteiger partial charge in [0, 0.05) is 37.0 Å². The Kier molecular flexibility index (Phi) is 7.12. The molecule has 1 heterocycles. The van der Waals surface area contributed by atoms with Crippen LogP contribution >= 0.6 is 0 Å². The number of alkyl halides is 3. The van der Waals surface area contributed by atoms with Crippen molar-refractivity contribution < 1.29 is 17.9 Å². The highest BCUT2D eigenvalue weighted by atomic mass is 19.4. The van der Waals surface area contributed by atoms with E-state index in [9.17, 15) is 13.2 Å². The molecule has 2 aromatic carbocycles. The van der Waals surface area contributed by atoms with Crippen molar-refractivity contribution in [2.24, 2.45) is 0 Å². The maximum absolute atomic E-state index is 13.5. The minimum absolute atomic E-state index is 0.154. The number of ether oxygens (including phenoxy) is 1. The molecule has 0 spiro atoms. The summed E-state index contributed by atoms with van der Waals surface area (Å²) in [5.74, 6) is 0.154. The quantitative estimate of drug-likeness (QED) is 0.543. The predicted octanol–water partition coefficient (Wildman–Crippen LogP) is 4.33. The number of hydrogen-bond acceptors (Lipinski definition) is 4. The molecule has 30 heavy (non-hydrogen) atoms. The lowest BCUT2D eigenvalue weighted by molar-refractivity contribution is -0.137. The van der Waals surface area contributed by atoms with Crippen LogP contribution in [0.3, 0.4) is 0 Å². The van der Waals surface area contributed by atoms with Crippen molar-refractivity contribution in [2.45, 2.75) is 19.3 Å². The zero-order valence-electron chi connectivity index (χ0n) is 17.0. The molecule has 0 aliphatic carbocycles. The van der Waals surface area contributed by atoms with Gasteiger partial charge in [-0.3, -0.25) is 5.10 Å². The number of aromatic nitrogens is 2. The zero-order chi connectivity index (χ0) is 21.6. The van der Waals surface area contributed by atoms with Gasteiger partial charge in [-0.05, 0) is 37.9 Å². The van der Waals surface area contributed by atoms with Crippen LogP contribution < -0.4 is 10.1 Å². The molecule has 1 aromatic heterocycles. The van der Waals surface area contributed by atoms with E-state index in [4.69, 9.17) is 4.74 Å². The van der Waals surface area contributed by atoms with Crippen molar-refractivity contribution >= 4 is 0 Å². The molecule has 8 heteroatoms. The Labute approximate surface area is 173 Å². The largest absolute Gasteiger partial charge is 0.489 e. The Balaban J connectivity index is 1.88. The van der Waals surface area contributed by atoms with Crippen molar-refractivity contribution in [2.75, 3.05) is 27.2 Å². The molecule has 2 N–H and O–H groups in total. The molecule has 5 nitrogen and oxygen atoms in total. The van der Waals surface area contributed by atoms with Gasteiger partial charge >= 0.3 is 6.18 Å². The highest BCUT2D eigenvalue weighted by Gasteiger charge is 2.32. The summed E-state index contributed by atoms with van der Waals surface area (Å²) in [5.41, 5.74) is 1.79. The standard InChI is InChI=1S/C22H25F3N4O/c1-26-8-9-29(2)14-18-13-27-28-21(18)17-10-19(22(23,24)25)12-20(11-17)30-15-16-6-4-3-5-7-16/h3-7,10-13,26H,8-9,14-15H2,1-2H3,(H,27,28). The van der Waals surface area contributed by atoms with E-state index in [0.717, 1.165) is 36.3 Å². The Hall–Kier alpha value is -2.84. The topological polar surface area (TPSA) is 53.2 Å². The minimum atomic E-state index is -4.49. The van der Waals surface area contributed by atoms with Gasteiger partial charge in [0.2, 0.25) is 0 Å². The third-order valence-corrected chi connectivity index (χ3v) is 4.66. The number of benzene rings is 2. The Morgan fingerprint density at radius 2 is 1.90 bits per heavy atom. The lowest BCUT2D eigenvalue weighted by Gasteiger charge is -2.17. The van der Waals surface area contributed by atoms with Gasteiger partial charge in [0.05, 0.1) is 11.3 Å². The first kappa shape index (κ1) is 21.9. The number of hydrogen-bond donors (Lipinski definition) is 2. The van der Waals surface area contributed by atoms with Crippen LogP contribution in [0.1, 0.15) is 16.7 Å². The predicted molar refractivity (Wildman–Crippen MR) is 110 cm³/mol. The molecule has 0 fully saturated rings. The molecule has 0 saturated heterocycles. The summed E-state index contributed by atoms with van der Waals surface area (Å²) in [6.45, 7) is 2.35. The van der Waals surface area contributed by atoms with Crippen LogP contribution in [0.4, 0.5) is 13.2 Å². The second-order valence-electron chi connectivity index (χ2n) is 7.12. The SMILES string of the molecule is CNCCN(C)Cc1c[nH]nc1-c1cc(OCc2ccccc2)cc(C(F)(F)F)c1. The summed E-state index contributed by atoms with van der Waals surface area (Å²) in [7, 11) is 3.82. The van der Waals surface area contributed by atoms with Crippen LogP contribution in [0.25, 0.3) is 11.3 Å². The summed E-state index contributed by atoms with van der Waals surface area (Å²) in [5, 5.41) is 10.1. The first-order chi connectivity index (χ1) is 14.4. The fourth-order valence-corrected chi connectivity index (χ4v) is 3.08.